The lowest BCUT2D eigenvalue weighted by Gasteiger charge is -2.32. The molecule has 0 aliphatic carbocycles. The van der Waals surface area contributed by atoms with Crippen molar-refractivity contribution in [3.63, 3.8) is 0 Å². The number of fused-ring (bicyclic) bond motifs is 1. The van der Waals surface area contributed by atoms with E-state index in [1.54, 1.807) is 0 Å². The highest BCUT2D eigenvalue weighted by molar-refractivity contribution is 5.92. The van der Waals surface area contributed by atoms with Gasteiger partial charge in [0.05, 0.1) is 18.8 Å². The Labute approximate surface area is 166 Å². The number of nitrogens with one attached hydrogen (secondary N) is 1. The van der Waals surface area contributed by atoms with Crippen molar-refractivity contribution in [2.24, 2.45) is 5.92 Å². The van der Waals surface area contributed by atoms with E-state index in [1.165, 1.54) is 0 Å². The number of hydrogen-bond donors (Lipinski definition) is 1. The standard InChI is InChI=1S/C20H26N4O2.ClH/c1-15-5-2-3-7-19(15)26-14-16-6-4-9-23(13-16)20(25)18-11-17-12-21-8-10-24(17)22-18;/h2-3,5,7,11,16,21H,4,6,8-10,12-14H2,1H3;1H. The Bertz CT molecular complexity index is 769. The molecule has 1 unspecified atom stereocenters. The van der Waals surface area contributed by atoms with Gasteiger partial charge in [0.25, 0.3) is 5.91 Å². The summed E-state index contributed by atoms with van der Waals surface area (Å²) in [6.07, 6.45) is 2.11. The molecule has 7 heteroatoms. The molecule has 1 saturated heterocycles. The summed E-state index contributed by atoms with van der Waals surface area (Å²) in [6.45, 7) is 6.78. The van der Waals surface area contributed by atoms with E-state index < -0.39 is 0 Å². The fourth-order valence-electron chi connectivity index (χ4n) is 3.77. The maximum Gasteiger partial charge on any atom is 0.274 e. The number of benzene rings is 1. The van der Waals surface area contributed by atoms with Crippen molar-refractivity contribution in [3.05, 3.63) is 47.3 Å². The third-order valence-electron chi connectivity index (χ3n) is 5.26. The van der Waals surface area contributed by atoms with Gasteiger partial charge in [0.2, 0.25) is 0 Å². The minimum atomic E-state index is 0. The number of ether oxygens (including phenoxy) is 1. The number of para-hydroxylation sites is 1. The molecule has 6 nitrogen and oxygen atoms in total. The second-order valence-corrected chi connectivity index (χ2v) is 7.26. The maximum atomic E-state index is 12.9. The number of carbonyl (C=O) groups is 1. The zero-order chi connectivity index (χ0) is 17.9. The summed E-state index contributed by atoms with van der Waals surface area (Å²) in [5.41, 5.74) is 2.81. The number of nitrogens with zero attached hydrogens (tertiary/aromatic N) is 3. The van der Waals surface area contributed by atoms with Crippen molar-refractivity contribution in [1.29, 1.82) is 0 Å². The zero-order valence-corrected chi connectivity index (χ0v) is 16.5. The van der Waals surface area contributed by atoms with Crippen LogP contribution in [0.4, 0.5) is 0 Å². The maximum absolute atomic E-state index is 12.9. The first-order chi connectivity index (χ1) is 12.7. The van der Waals surface area contributed by atoms with E-state index in [-0.39, 0.29) is 18.3 Å². The molecule has 1 N–H and O–H groups in total. The summed E-state index contributed by atoms with van der Waals surface area (Å²) >= 11 is 0. The number of amides is 1. The van der Waals surface area contributed by atoms with Crippen LogP contribution in [0.5, 0.6) is 5.75 Å². The second-order valence-electron chi connectivity index (χ2n) is 7.26. The molecule has 1 aromatic carbocycles. The molecule has 3 heterocycles. The molecule has 2 aliphatic rings. The Hall–Kier alpha value is -2.05. The molecule has 27 heavy (non-hydrogen) atoms. The van der Waals surface area contributed by atoms with Crippen molar-refractivity contribution in [3.8, 4) is 5.75 Å². The lowest BCUT2D eigenvalue weighted by atomic mass is 9.98. The molecule has 4 rings (SSSR count). The number of aromatic nitrogens is 2. The summed E-state index contributed by atoms with van der Waals surface area (Å²) < 4.78 is 7.96. The quantitative estimate of drug-likeness (QED) is 0.871. The fraction of sp³-hybridized carbons (Fsp3) is 0.500. The minimum absolute atomic E-state index is 0. The van der Waals surface area contributed by atoms with E-state index in [0.717, 1.165) is 62.6 Å². The van der Waals surface area contributed by atoms with Gasteiger partial charge >= 0.3 is 0 Å². The van der Waals surface area contributed by atoms with E-state index in [4.69, 9.17) is 4.74 Å². The highest BCUT2D eigenvalue weighted by Crippen LogP contribution is 2.22. The van der Waals surface area contributed by atoms with Crippen molar-refractivity contribution < 1.29 is 9.53 Å². The van der Waals surface area contributed by atoms with Crippen LogP contribution in [-0.2, 0) is 13.1 Å². The molecule has 1 fully saturated rings. The highest BCUT2D eigenvalue weighted by Gasteiger charge is 2.27. The van der Waals surface area contributed by atoms with Crippen LogP contribution >= 0.6 is 12.4 Å². The first-order valence-corrected chi connectivity index (χ1v) is 9.46. The molecular weight excluding hydrogens is 364 g/mol. The van der Waals surface area contributed by atoms with Crippen LogP contribution in [0.15, 0.2) is 30.3 Å². The van der Waals surface area contributed by atoms with Crippen molar-refractivity contribution in [2.45, 2.75) is 32.9 Å². The topological polar surface area (TPSA) is 59.4 Å². The lowest BCUT2D eigenvalue weighted by molar-refractivity contribution is 0.0626. The number of rotatable bonds is 4. The van der Waals surface area contributed by atoms with Gasteiger partial charge in [0, 0.05) is 32.1 Å². The highest BCUT2D eigenvalue weighted by atomic mass is 35.5. The van der Waals surface area contributed by atoms with Gasteiger partial charge in [-0.15, -0.1) is 12.4 Å². The summed E-state index contributed by atoms with van der Waals surface area (Å²) in [7, 11) is 0. The smallest absolute Gasteiger partial charge is 0.274 e. The van der Waals surface area contributed by atoms with Crippen LogP contribution in [0, 0.1) is 12.8 Å². The van der Waals surface area contributed by atoms with Gasteiger partial charge in [-0.2, -0.15) is 5.10 Å². The summed E-state index contributed by atoms with van der Waals surface area (Å²) in [6, 6.07) is 10.0. The normalized spacial score (nSPS) is 19.1. The monoisotopic (exact) mass is 390 g/mol. The van der Waals surface area contributed by atoms with Crippen LogP contribution in [-0.4, -0.2) is 46.8 Å². The van der Waals surface area contributed by atoms with Crippen molar-refractivity contribution >= 4 is 18.3 Å². The van der Waals surface area contributed by atoms with Crippen LogP contribution < -0.4 is 10.1 Å². The van der Waals surface area contributed by atoms with Crippen LogP contribution in [0.3, 0.4) is 0 Å². The first-order valence-electron chi connectivity index (χ1n) is 9.46. The van der Waals surface area contributed by atoms with Gasteiger partial charge in [0.15, 0.2) is 5.69 Å². The molecule has 2 aromatic rings. The van der Waals surface area contributed by atoms with Crippen molar-refractivity contribution in [2.75, 3.05) is 26.2 Å². The van der Waals surface area contributed by atoms with Gasteiger partial charge in [-0.05, 0) is 37.5 Å². The molecule has 0 spiro atoms. The van der Waals surface area contributed by atoms with Crippen LogP contribution in [0.1, 0.15) is 34.6 Å². The number of aryl methyl sites for hydroxylation is 1. The van der Waals surface area contributed by atoms with Gasteiger partial charge in [0.1, 0.15) is 5.75 Å². The van der Waals surface area contributed by atoms with Crippen molar-refractivity contribution in [1.82, 2.24) is 20.0 Å². The molecule has 1 atom stereocenters. The Morgan fingerprint density at radius 3 is 3.00 bits per heavy atom. The Morgan fingerprint density at radius 1 is 1.33 bits per heavy atom. The second kappa shape index (κ2) is 8.76. The van der Waals surface area contributed by atoms with E-state index in [9.17, 15) is 4.79 Å². The lowest BCUT2D eigenvalue weighted by Crippen LogP contribution is -2.41. The summed E-state index contributed by atoms with van der Waals surface area (Å²) in [5.74, 6) is 1.35. The fourth-order valence-corrected chi connectivity index (χ4v) is 3.77. The average molecular weight is 391 g/mol. The van der Waals surface area contributed by atoms with Gasteiger partial charge in [-0.1, -0.05) is 18.2 Å². The first kappa shape index (κ1) is 19.7. The molecule has 1 amide bonds. The average Bonchev–Trinajstić information content (AvgIpc) is 3.11. The molecule has 0 bridgehead atoms. The molecule has 1 aromatic heterocycles. The largest absolute Gasteiger partial charge is 0.493 e. The van der Waals surface area contributed by atoms with E-state index in [1.807, 2.05) is 33.8 Å². The van der Waals surface area contributed by atoms with Gasteiger partial charge in [-0.3, -0.25) is 9.48 Å². The van der Waals surface area contributed by atoms with E-state index in [2.05, 4.69) is 23.4 Å². The molecule has 2 aliphatic heterocycles. The molecule has 0 saturated carbocycles. The van der Waals surface area contributed by atoms with Gasteiger partial charge in [-0.25, -0.2) is 0 Å². The zero-order valence-electron chi connectivity index (χ0n) is 15.7. The van der Waals surface area contributed by atoms with E-state index in [0.29, 0.717) is 18.2 Å². The molecule has 146 valence electrons. The number of carbonyl (C=O) groups excluding carboxylic acids is 1. The number of likely N-dealkylation sites (tertiary alicyclic amines) is 1. The van der Waals surface area contributed by atoms with E-state index >= 15 is 0 Å². The SMILES string of the molecule is Cc1ccccc1OCC1CCCN(C(=O)c2cc3n(n2)CCNC3)C1.Cl. The Kier molecular flexibility index (Phi) is 6.39. The summed E-state index contributed by atoms with van der Waals surface area (Å²) in [4.78, 5) is 14.8. The van der Waals surface area contributed by atoms with Crippen LogP contribution in [0.25, 0.3) is 0 Å². The Balaban J connectivity index is 0.00000210. The predicted molar refractivity (Wildman–Crippen MR) is 106 cm³/mol. The molecular formula is C20H27ClN4O2. The van der Waals surface area contributed by atoms with Crippen LogP contribution in [0.2, 0.25) is 0 Å². The number of piperidine rings is 1. The Morgan fingerprint density at radius 2 is 2.19 bits per heavy atom. The van der Waals surface area contributed by atoms with Gasteiger partial charge < -0.3 is 15.0 Å². The number of halogens is 1. The third kappa shape index (κ3) is 4.45. The number of hydrogen-bond acceptors (Lipinski definition) is 4. The predicted octanol–water partition coefficient (Wildman–Crippen LogP) is 2.65. The molecule has 0 radical (unpaired) electrons. The summed E-state index contributed by atoms with van der Waals surface area (Å²) in [5, 5.41) is 7.82. The third-order valence-corrected chi connectivity index (χ3v) is 5.26. The minimum Gasteiger partial charge on any atom is -0.493 e.